The molecule has 0 aliphatic rings. The van der Waals surface area contributed by atoms with Gasteiger partial charge in [-0.15, -0.1) is 0 Å². The Hall–Kier alpha value is -2.03. The Kier molecular flexibility index (Phi) is 4.56. The van der Waals surface area contributed by atoms with Gasteiger partial charge in [-0.1, -0.05) is 0 Å². The second-order valence-corrected chi connectivity index (χ2v) is 7.50. The molecule has 0 radical (unpaired) electrons. The predicted molar refractivity (Wildman–Crippen MR) is 88.9 cm³/mol. The van der Waals surface area contributed by atoms with Crippen molar-refractivity contribution in [3.05, 3.63) is 70.2 Å². The van der Waals surface area contributed by atoms with E-state index in [1.54, 1.807) is 36.4 Å². The molecule has 4 heteroatoms. The Labute approximate surface area is 139 Å². The van der Waals surface area contributed by atoms with E-state index in [1.807, 2.05) is 19.1 Å². The van der Waals surface area contributed by atoms with Crippen molar-refractivity contribution in [1.29, 1.82) is 0 Å². The SMILES string of the molecule is CCc1ccc(-c2ccc(-c3ccc(C=O)[se]3)c(F)c2F)cc1. The van der Waals surface area contributed by atoms with Crippen LogP contribution in [0.4, 0.5) is 8.78 Å². The standard InChI is InChI=1S/C19H14F2OSe/c1-2-12-3-5-13(6-4-12)15-8-9-16(19(21)18(15)20)17-10-7-14(11-22)23-17/h3-11H,2H2,1H3. The molecule has 3 rings (SSSR count). The Morgan fingerprint density at radius 2 is 1.57 bits per heavy atom. The molecular weight excluding hydrogens is 361 g/mol. The van der Waals surface area contributed by atoms with Gasteiger partial charge in [-0.05, 0) is 0 Å². The Morgan fingerprint density at radius 3 is 2.17 bits per heavy atom. The van der Waals surface area contributed by atoms with E-state index < -0.39 is 11.6 Å². The molecule has 0 amide bonds. The summed E-state index contributed by atoms with van der Waals surface area (Å²) >= 11 is -0.265. The molecule has 0 bridgehead atoms. The summed E-state index contributed by atoms with van der Waals surface area (Å²) in [6.45, 7) is 2.04. The molecule has 2 aromatic carbocycles. The number of halogens is 2. The summed E-state index contributed by atoms with van der Waals surface area (Å²) in [5, 5.41) is 0. The van der Waals surface area contributed by atoms with Crippen LogP contribution >= 0.6 is 0 Å². The van der Waals surface area contributed by atoms with Crippen LogP contribution in [0, 0.1) is 11.6 Å². The number of carbonyl (C=O) groups is 1. The molecule has 3 aromatic rings. The summed E-state index contributed by atoms with van der Waals surface area (Å²) < 4.78 is 30.3. The maximum atomic E-state index is 14.5. The first kappa shape index (κ1) is 15.8. The van der Waals surface area contributed by atoms with Crippen LogP contribution in [0.5, 0.6) is 0 Å². The first-order valence-corrected chi connectivity index (χ1v) is 8.98. The third-order valence-corrected chi connectivity index (χ3v) is 5.95. The van der Waals surface area contributed by atoms with Crippen LogP contribution in [0.1, 0.15) is 21.7 Å². The molecular formula is C19H14F2OSe. The fraction of sp³-hybridized carbons (Fsp3) is 0.105. The zero-order chi connectivity index (χ0) is 16.4. The first-order valence-electron chi connectivity index (χ1n) is 7.26. The third-order valence-electron chi connectivity index (χ3n) is 3.76. The number of carbonyl (C=O) groups excluding carboxylic acids is 1. The van der Waals surface area contributed by atoms with Crippen LogP contribution in [0.3, 0.4) is 0 Å². The summed E-state index contributed by atoms with van der Waals surface area (Å²) in [7, 11) is 0. The van der Waals surface area contributed by atoms with Crippen LogP contribution < -0.4 is 0 Å². The topological polar surface area (TPSA) is 17.1 Å². The molecule has 1 heterocycles. The number of rotatable bonds is 4. The van der Waals surface area contributed by atoms with E-state index in [9.17, 15) is 13.6 Å². The van der Waals surface area contributed by atoms with Crippen LogP contribution in [0.2, 0.25) is 0 Å². The van der Waals surface area contributed by atoms with Crippen molar-refractivity contribution in [1.82, 2.24) is 0 Å². The average molecular weight is 375 g/mol. The van der Waals surface area contributed by atoms with E-state index in [-0.39, 0.29) is 25.6 Å². The number of hydrogen-bond donors (Lipinski definition) is 0. The van der Waals surface area contributed by atoms with Gasteiger partial charge in [-0.2, -0.15) is 0 Å². The van der Waals surface area contributed by atoms with Crippen molar-refractivity contribution in [2.24, 2.45) is 0 Å². The molecule has 1 aromatic heterocycles. The second kappa shape index (κ2) is 6.61. The average Bonchev–Trinajstić information content (AvgIpc) is 3.06. The maximum absolute atomic E-state index is 14.5. The number of benzene rings is 2. The van der Waals surface area contributed by atoms with Gasteiger partial charge in [0.1, 0.15) is 0 Å². The minimum absolute atomic E-state index is 0.240. The van der Waals surface area contributed by atoms with Crippen molar-refractivity contribution in [3.8, 4) is 21.1 Å². The quantitative estimate of drug-likeness (QED) is 0.476. The summed E-state index contributed by atoms with van der Waals surface area (Å²) in [5.41, 5.74) is 2.30. The van der Waals surface area contributed by atoms with Crippen LogP contribution in [-0.2, 0) is 6.42 Å². The molecule has 0 aliphatic heterocycles. The van der Waals surface area contributed by atoms with Gasteiger partial charge in [0, 0.05) is 0 Å². The number of aldehydes is 1. The van der Waals surface area contributed by atoms with Crippen molar-refractivity contribution in [3.63, 3.8) is 0 Å². The van der Waals surface area contributed by atoms with Gasteiger partial charge in [-0.25, -0.2) is 0 Å². The molecule has 116 valence electrons. The molecule has 0 unspecified atom stereocenters. The monoisotopic (exact) mass is 376 g/mol. The van der Waals surface area contributed by atoms with Gasteiger partial charge < -0.3 is 0 Å². The van der Waals surface area contributed by atoms with E-state index in [4.69, 9.17) is 0 Å². The molecule has 0 saturated heterocycles. The normalized spacial score (nSPS) is 10.7. The van der Waals surface area contributed by atoms with E-state index in [1.165, 1.54) is 0 Å². The van der Waals surface area contributed by atoms with Gasteiger partial charge in [0.2, 0.25) is 0 Å². The Bertz CT molecular complexity index is 850. The van der Waals surface area contributed by atoms with Gasteiger partial charge >= 0.3 is 139 Å². The zero-order valence-corrected chi connectivity index (χ0v) is 14.2. The fourth-order valence-corrected chi connectivity index (χ4v) is 4.21. The summed E-state index contributed by atoms with van der Waals surface area (Å²) in [6, 6.07) is 14.0. The van der Waals surface area contributed by atoms with E-state index in [2.05, 4.69) is 0 Å². The molecule has 23 heavy (non-hydrogen) atoms. The molecule has 0 N–H and O–H groups in total. The molecule has 0 fully saturated rings. The zero-order valence-electron chi connectivity index (χ0n) is 12.5. The summed E-state index contributed by atoms with van der Waals surface area (Å²) in [4.78, 5) is 10.8. The van der Waals surface area contributed by atoms with Crippen molar-refractivity contribution in [2.45, 2.75) is 13.3 Å². The van der Waals surface area contributed by atoms with Crippen molar-refractivity contribution < 1.29 is 13.6 Å². The molecule has 0 saturated carbocycles. The molecule has 0 spiro atoms. The van der Waals surface area contributed by atoms with Gasteiger partial charge in [0.15, 0.2) is 0 Å². The van der Waals surface area contributed by atoms with Crippen molar-refractivity contribution >= 4 is 20.8 Å². The first-order chi connectivity index (χ1) is 11.1. The van der Waals surface area contributed by atoms with E-state index in [0.717, 1.165) is 18.3 Å². The van der Waals surface area contributed by atoms with E-state index >= 15 is 0 Å². The van der Waals surface area contributed by atoms with Gasteiger partial charge in [0.25, 0.3) is 0 Å². The van der Waals surface area contributed by atoms with Crippen molar-refractivity contribution in [2.75, 3.05) is 0 Å². The molecule has 1 nitrogen and oxygen atoms in total. The summed E-state index contributed by atoms with van der Waals surface area (Å²) in [6.07, 6.45) is 1.67. The van der Waals surface area contributed by atoms with E-state index in [0.29, 0.717) is 14.4 Å². The second-order valence-electron chi connectivity index (χ2n) is 5.16. The fourth-order valence-electron chi connectivity index (χ4n) is 2.44. The molecule has 0 atom stereocenters. The number of aryl methyl sites for hydroxylation is 1. The summed E-state index contributed by atoms with van der Waals surface area (Å²) in [5.74, 6) is -1.70. The van der Waals surface area contributed by atoms with Crippen LogP contribution in [0.25, 0.3) is 21.1 Å². The number of hydrogen-bond acceptors (Lipinski definition) is 1. The Balaban J connectivity index is 2.04. The Morgan fingerprint density at radius 1 is 0.913 bits per heavy atom. The predicted octanol–water partition coefficient (Wildman–Crippen LogP) is 4.73. The third kappa shape index (κ3) is 3.05. The van der Waals surface area contributed by atoms with Gasteiger partial charge in [-0.3, -0.25) is 0 Å². The molecule has 0 aliphatic carbocycles. The minimum atomic E-state index is -0.851. The van der Waals surface area contributed by atoms with Gasteiger partial charge in [0.05, 0.1) is 0 Å². The van der Waals surface area contributed by atoms with Crippen LogP contribution in [0.15, 0.2) is 48.5 Å². The van der Waals surface area contributed by atoms with Crippen LogP contribution in [-0.4, -0.2) is 20.8 Å².